The van der Waals surface area contributed by atoms with Crippen molar-refractivity contribution in [2.24, 2.45) is 0 Å². The van der Waals surface area contributed by atoms with Crippen LogP contribution in [0.15, 0.2) is 62.6 Å². The zero-order chi connectivity index (χ0) is 19.4. The number of fused-ring (bicyclic) bond motifs is 1. The van der Waals surface area contributed by atoms with Crippen LogP contribution in [0.25, 0.3) is 11.1 Å². The van der Waals surface area contributed by atoms with Crippen molar-refractivity contribution in [1.29, 1.82) is 0 Å². The van der Waals surface area contributed by atoms with Gasteiger partial charge in [0.2, 0.25) is 10.0 Å². The van der Waals surface area contributed by atoms with E-state index in [1.54, 1.807) is 37.3 Å². The molecule has 0 atom stereocenters. The number of oxazole rings is 1. The molecule has 142 valence electrons. The lowest BCUT2D eigenvalue weighted by Gasteiger charge is -2.08. The van der Waals surface area contributed by atoms with Gasteiger partial charge >= 0.3 is 5.76 Å². The highest BCUT2D eigenvalue weighted by atomic mass is 32.2. The Morgan fingerprint density at radius 1 is 1.11 bits per heavy atom. The van der Waals surface area contributed by atoms with Gasteiger partial charge in [-0.1, -0.05) is 18.2 Å². The molecule has 8 nitrogen and oxygen atoms in total. The summed E-state index contributed by atoms with van der Waals surface area (Å²) in [6.45, 7) is 2.39. The zero-order valence-electron chi connectivity index (χ0n) is 14.6. The maximum atomic E-state index is 12.4. The minimum Gasteiger partial charge on any atom is -0.408 e. The third-order valence-corrected chi connectivity index (χ3v) is 5.46. The van der Waals surface area contributed by atoms with Crippen LogP contribution >= 0.6 is 0 Å². The number of amides is 1. The first kappa shape index (κ1) is 18.9. The Morgan fingerprint density at radius 2 is 1.85 bits per heavy atom. The van der Waals surface area contributed by atoms with E-state index in [0.29, 0.717) is 17.6 Å². The van der Waals surface area contributed by atoms with Crippen LogP contribution in [0.4, 0.5) is 0 Å². The molecule has 0 fully saturated rings. The van der Waals surface area contributed by atoms with Gasteiger partial charge in [-0.25, -0.2) is 17.9 Å². The number of carbonyl (C=O) groups is 1. The van der Waals surface area contributed by atoms with Crippen LogP contribution in [0.1, 0.15) is 17.3 Å². The smallest absolute Gasteiger partial charge is 0.408 e. The summed E-state index contributed by atoms with van der Waals surface area (Å²) in [6, 6.07) is 12.9. The summed E-state index contributed by atoms with van der Waals surface area (Å²) < 4.78 is 33.7. The van der Waals surface area contributed by atoms with Crippen molar-refractivity contribution < 1.29 is 17.6 Å². The summed E-state index contributed by atoms with van der Waals surface area (Å²) in [5.74, 6) is -0.808. The molecule has 0 saturated carbocycles. The first-order valence-corrected chi connectivity index (χ1v) is 9.87. The number of aryl methyl sites for hydroxylation is 1. The van der Waals surface area contributed by atoms with Crippen molar-refractivity contribution >= 4 is 27.0 Å². The minimum absolute atomic E-state index is 0.0126. The second-order valence-corrected chi connectivity index (χ2v) is 7.53. The Balaban J connectivity index is 1.64. The van der Waals surface area contributed by atoms with Crippen LogP contribution in [0.3, 0.4) is 0 Å². The third kappa shape index (κ3) is 4.09. The lowest BCUT2D eigenvalue weighted by atomic mass is 10.2. The van der Waals surface area contributed by atoms with Gasteiger partial charge in [-0.3, -0.25) is 9.36 Å². The van der Waals surface area contributed by atoms with E-state index in [1.807, 2.05) is 0 Å². The molecule has 0 unspecified atom stereocenters. The van der Waals surface area contributed by atoms with Crippen molar-refractivity contribution in [3.63, 3.8) is 0 Å². The van der Waals surface area contributed by atoms with E-state index in [0.717, 1.165) is 0 Å². The molecule has 9 heteroatoms. The van der Waals surface area contributed by atoms with Gasteiger partial charge in [0, 0.05) is 31.3 Å². The van der Waals surface area contributed by atoms with Gasteiger partial charge in [0.15, 0.2) is 5.58 Å². The van der Waals surface area contributed by atoms with Crippen LogP contribution in [-0.2, 0) is 16.6 Å². The molecule has 0 saturated heterocycles. The molecular weight excluding hydrogens is 370 g/mol. The Bertz CT molecular complexity index is 1120. The molecule has 3 aromatic rings. The summed E-state index contributed by atoms with van der Waals surface area (Å²) in [5, 5.41) is 2.64. The largest absolute Gasteiger partial charge is 0.419 e. The molecular formula is C18H19N3O5S. The summed E-state index contributed by atoms with van der Waals surface area (Å²) in [7, 11) is -3.80. The second kappa shape index (κ2) is 7.77. The average Bonchev–Trinajstić information content (AvgIpc) is 2.99. The maximum Gasteiger partial charge on any atom is 0.419 e. The van der Waals surface area contributed by atoms with Crippen molar-refractivity contribution in [2.75, 3.05) is 13.1 Å². The highest BCUT2D eigenvalue weighted by Gasteiger charge is 2.17. The number of sulfonamides is 1. The first-order valence-electron chi connectivity index (χ1n) is 8.38. The molecule has 1 amide bonds. The van der Waals surface area contributed by atoms with E-state index >= 15 is 0 Å². The molecule has 0 radical (unpaired) electrons. The van der Waals surface area contributed by atoms with Crippen LogP contribution in [0.5, 0.6) is 0 Å². The van der Waals surface area contributed by atoms with Crippen molar-refractivity contribution in [3.8, 4) is 0 Å². The number of nitrogens with one attached hydrogen (secondary N) is 2. The van der Waals surface area contributed by atoms with Gasteiger partial charge in [-0.2, -0.15) is 0 Å². The second-order valence-electron chi connectivity index (χ2n) is 5.76. The monoisotopic (exact) mass is 389 g/mol. The van der Waals surface area contributed by atoms with E-state index in [-0.39, 0.29) is 29.5 Å². The SMILES string of the molecule is CCn1c(=O)oc2cc(S(=O)(=O)NCCNC(=O)c3ccccc3)ccc21. The van der Waals surface area contributed by atoms with E-state index in [9.17, 15) is 18.0 Å². The fourth-order valence-electron chi connectivity index (χ4n) is 2.65. The van der Waals surface area contributed by atoms with Crippen LogP contribution in [0.2, 0.25) is 0 Å². The van der Waals surface area contributed by atoms with E-state index in [1.165, 1.54) is 22.8 Å². The third-order valence-electron chi connectivity index (χ3n) is 4.00. The quantitative estimate of drug-likeness (QED) is 0.592. The summed E-state index contributed by atoms with van der Waals surface area (Å²) >= 11 is 0. The lowest BCUT2D eigenvalue weighted by molar-refractivity contribution is 0.0954. The molecule has 0 bridgehead atoms. The highest BCUT2D eigenvalue weighted by Crippen LogP contribution is 2.18. The number of rotatable bonds is 7. The number of nitrogens with zero attached hydrogens (tertiary/aromatic N) is 1. The topological polar surface area (TPSA) is 110 Å². The number of hydrogen-bond donors (Lipinski definition) is 2. The minimum atomic E-state index is -3.80. The molecule has 0 aliphatic heterocycles. The average molecular weight is 389 g/mol. The van der Waals surface area contributed by atoms with Gasteiger partial charge in [0.25, 0.3) is 5.91 Å². The Morgan fingerprint density at radius 3 is 2.56 bits per heavy atom. The molecule has 1 heterocycles. The molecule has 3 rings (SSSR count). The first-order chi connectivity index (χ1) is 12.9. The highest BCUT2D eigenvalue weighted by molar-refractivity contribution is 7.89. The van der Waals surface area contributed by atoms with Crippen LogP contribution in [0, 0.1) is 0 Å². The van der Waals surface area contributed by atoms with E-state index in [4.69, 9.17) is 4.42 Å². The Kier molecular flexibility index (Phi) is 5.43. The fraction of sp³-hybridized carbons (Fsp3) is 0.222. The van der Waals surface area contributed by atoms with Gasteiger partial charge in [0.1, 0.15) is 0 Å². The fourth-order valence-corrected chi connectivity index (χ4v) is 3.70. The molecule has 2 aromatic carbocycles. The summed E-state index contributed by atoms with van der Waals surface area (Å²) in [6.07, 6.45) is 0. The predicted molar refractivity (Wildman–Crippen MR) is 100 cm³/mol. The van der Waals surface area contributed by atoms with Gasteiger partial charge < -0.3 is 9.73 Å². The van der Waals surface area contributed by atoms with Crippen molar-refractivity contribution in [1.82, 2.24) is 14.6 Å². The van der Waals surface area contributed by atoms with E-state index < -0.39 is 15.8 Å². The van der Waals surface area contributed by atoms with Crippen molar-refractivity contribution in [2.45, 2.75) is 18.4 Å². The number of hydrogen-bond acceptors (Lipinski definition) is 5. The lowest BCUT2D eigenvalue weighted by Crippen LogP contribution is -2.34. The Hall–Kier alpha value is -2.91. The molecule has 0 aliphatic carbocycles. The number of benzene rings is 2. The molecule has 1 aromatic heterocycles. The van der Waals surface area contributed by atoms with Gasteiger partial charge in [0.05, 0.1) is 10.4 Å². The molecule has 0 aliphatic rings. The van der Waals surface area contributed by atoms with Gasteiger partial charge in [-0.15, -0.1) is 0 Å². The molecule has 27 heavy (non-hydrogen) atoms. The predicted octanol–water partition coefficient (Wildman–Crippen LogP) is 1.32. The molecule has 2 N–H and O–H groups in total. The van der Waals surface area contributed by atoms with Crippen molar-refractivity contribution in [3.05, 3.63) is 64.6 Å². The maximum absolute atomic E-state index is 12.4. The number of carbonyl (C=O) groups excluding carboxylic acids is 1. The zero-order valence-corrected chi connectivity index (χ0v) is 15.5. The van der Waals surface area contributed by atoms with E-state index in [2.05, 4.69) is 10.0 Å². The molecule has 0 spiro atoms. The standard InChI is InChI=1S/C18H19N3O5S/c1-2-21-15-9-8-14(12-16(15)26-18(21)23)27(24,25)20-11-10-19-17(22)13-6-4-3-5-7-13/h3-9,12,20H,2,10-11H2,1H3,(H,19,22). The summed E-state index contributed by atoms with van der Waals surface area (Å²) in [5.41, 5.74) is 1.25. The Labute approximate surface area is 155 Å². The van der Waals surface area contributed by atoms with Crippen LogP contribution in [-0.4, -0.2) is 32.0 Å². The van der Waals surface area contributed by atoms with Gasteiger partial charge in [-0.05, 0) is 31.2 Å². The normalized spacial score (nSPS) is 11.6. The number of aromatic nitrogens is 1. The summed E-state index contributed by atoms with van der Waals surface area (Å²) in [4.78, 5) is 23.6. The van der Waals surface area contributed by atoms with Crippen LogP contribution < -0.4 is 15.8 Å².